The molecule has 1 fully saturated rings. The predicted molar refractivity (Wildman–Crippen MR) is 70.7 cm³/mol. The van der Waals surface area contributed by atoms with Crippen molar-refractivity contribution in [3.8, 4) is 0 Å². The molecule has 1 amide bonds. The van der Waals surface area contributed by atoms with Gasteiger partial charge >= 0.3 is 0 Å². The molecule has 19 heavy (non-hydrogen) atoms. The molecule has 106 valence electrons. The van der Waals surface area contributed by atoms with Crippen molar-refractivity contribution in [1.29, 1.82) is 0 Å². The molecule has 0 spiro atoms. The minimum absolute atomic E-state index is 0.133. The summed E-state index contributed by atoms with van der Waals surface area (Å²) < 4.78 is 26.2. The second-order valence-electron chi connectivity index (χ2n) is 5.46. The zero-order chi connectivity index (χ0) is 13.8. The Kier molecular flexibility index (Phi) is 4.72. The van der Waals surface area contributed by atoms with Crippen LogP contribution in [0.4, 0.5) is 8.78 Å². The molecule has 0 aromatic heterocycles. The lowest BCUT2D eigenvalue weighted by atomic mass is 9.94. The maximum absolute atomic E-state index is 13.1. The van der Waals surface area contributed by atoms with E-state index in [1.165, 1.54) is 6.08 Å². The first-order chi connectivity index (χ1) is 9.10. The van der Waals surface area contributed by atoms with Gasteiger partial charge in [0.05, 0.1) is 0 Å². The second-order valence-corrected chi connectivity index (χ2v) is 5.46. The van der Waals surface area contributed by atoms with Gasteiger partial charge in [-0.1, -0.05) is 6.92 Å². The molecule has 1 atom stereocenters. The molecular weight excluding hydrogens is 248 g/mol. The maximum Gasteiger partial charge on any atom is 0.222 e. The average molecular weight is 269 g/mol. The van der Waals surface area contributed by atoms with Gasteiger partial charge in [0.15, 0.2) is 0 Å². The van der Waals surface area contributed by atoms with Crippen LogP contribution in [-0.2, 0) is 4.79 Å². The van der Waals surface area contributed by atoms with Gasteiger partial charge in [-0.25, -0.2) is 8.78 Å². The minimum atomic E-state index is -0.520. The highest BCUT2D eigenvalue weighted by atomic mass is 19.1. The number of halogens is 2. The van der Waals surface area contributed by atoms with E-state index in [1.54, 1.807) is 0 Å². The van der Waals surface area contributed by atoms with E-state index in [2.05, 4.69) is 6.92 Å². The van der Waals surface area contributed by atoms with Crippen LogP contribution in [0.3, 0.4) is 0 Å². The maximum atomic E-state index is 13.1. The fourth-order valence-corrected chi connectivity index (χ4v) is 2.57. The molecule has 0 bridgehead atoms. The van der Waals surface area contributed by atoms with Crippen molar-refractivity contribution in [1.82, 2.24) is 4.90 Å². The zero-order valence-electron chi connectivity index (χ0n) is 11.4. The molecule has 2 aliphatic carbocycles. The molecule has 0 heterocycles. The monoisotopic (exact) mass is 269 g/mol. The number of carbonyl (C=O) groups excluding carboxylic acids is 1. The Labute approximate surface area is 113 Å². The van der Waals surface area contributed by atoms with Crippen LogP contribution in [-0.4, -0.2) is 23.4 Å². The van der Waals surface area contributed by atoms with Crippen molar-refractivity contribution in [3.05, 3.63) is 23.8 Å². The standard InChI is InChI=1S/C15H21F2NO/c1-2-7-18(14-4-5-14)15(19)6-3-11-8-12(16)10-13(17)9-11/h8,10-11,14H,2-7,9H2,1H3. The molecule has 1 saturated carbocycles. The van der Waals surface area contributed by atoms with Gasteiger partial charge in [0.2, 0.25) is 5.91 Å². The third-order valence-electron chi connectivity index (χ3n) is 3.65. The van der Waals surface area contributed by atoms with Gasteiger partial charge in [-0.2, -0.15) is 0 Å². The molecule has 2 aliphatic rings. The summed E-state index contributed by atoms with van der Waals surface area (Å²) in [6.07, 6.45) is 6.64. The van der Waals surface area contributed by atoms with Gasteiger partial charge in [-0.05, 0) is 37.7 Å². The predicted octanol–water partition coefficient (Wildman–Crippen LogP) is 3.89. The summed E-state index contributed by atoms with van der Waals surface area (Å²) in [5.74, 6) is -0.997. The van der Waals surface area contributed by atoms with Crippen LogP contribution >= 0.6 is 0 Å². The van der Waals surface area contributed by atoms with E-state index < -0.39 is 11.7 Å². The number of nitrogens with zero attached hydrogens (tertiary/aromatic N) is 1. The third-order valence-corrected chi connectivity index (χ3v) is 3.65. The number of carbonyl (C=O) groups is 1. The summed E-state index contributed by atoms with van der Waals surface area (Å²) >= 11 is 0. The number of hydrogen-bond donors (Lipinski definition) is 0. The molecule has 4 heteroatoms. The molecule has 0 radical (unpaired) electrons. The third kappa shape index (κ3) is 4.15. The number of rotatable bonds is 6. The second kappa shape index (κ2) is 6.31. The van der Waals surface area contributed by atoms with Crippen molar-refractivity contribution in [3.63, 3.8) is 0 Å². The van der Waals surface area contributed by atoms with Crippen molar-refractivity contribution >= 4 is 5.91 Å². The number of amides is 1. The van der Waals surface area contributed by atoms with E-state index in [0.29, 0.717) is 18.9 Å². The lowest BCUT2D eigenvalue weighted by Gasteiger charge is -2.23. The molecule has 2 rings (SSSR count). The first-order valence-corrected chi connectivity index (χ1v) is 7.13. The molecule has 0 aromatic rings. The molecule has 0 saturated heterocycles. The van der Waals surface area contributed by atoms with Crippen molar-refractivity contribution < 1.29 is 13.6 Å². The Balaban J connectivity index is 1.81. The van der Waals surface area contributed by atoms with E-state index in [1.807, 2.05) is 4.90 Å². The Morgan fingerprint density at radius 1 is 1.42 bits per heavy atom. The lowest BCUT2D eigenvalue weighted by molar-refractivity contribution is -0.132. The number of allylic oxidation sites excluding steroid dienone is 4. The molecule has 0 aromatic carbocycles. The Bertz CT molecular complexity index is 399. The largest absolute Gasteiger partial charge is 0.340 e. The van der Waals surface area contributed by atoms with Gasteiger partial charge in [-0.3, -0.25) is 4.79 Å². The SMILES string of the molecule is CCCN(C(=O)CCC1C=C(F)C=C(F)C1)C1CC1. The van der Waals surface area contributed by atoms with E-state index in [-0.39, 0.29) is 18.2 Å². The van der Waals surface area contributed by atoms with Crippen molar-refractivity contribution in [2.24, 2.45) is 5.92 Å². The van der Waals surface area contributed by atoms with Crippen LogP contribution < -0.4 is 0 Å². The fourth-order valence-electron chi connectivity index (χ4n) is 2.57. The lowest BCUT2D eigenvalue weighted by Crippen LogP contribution is -2.33. The van der Waals surface area contributed by atoms with Crippen LogP contribution in [0.2, 0.25) is 0 Å². The molecular formula is C15H21F2NO. The Morgan fingerprint density at radius 2 is 2.16 bits per heavy atom. The van der Waals surface area contributed by atoms with E-state index >= 15 is 0 Å². The Morgan fingerprint density at radius 3 is 2.74 bits per heavy atom. The van der Waals surface area contributed by atoms with Gasteiger partial charge in [0.1, 0.15) is 11.7 Å². The van der Waals surface area contributed by atoms with Gasteiger partial charge < -0.3 is 4.90 Å². The highest BCUT2D eigenvalue weighted by molar-refractivity contribution is 5.76. The number of hydrogen-bond acceptors (Lipinski definition) is 1. The van der Waals surface area contributed by atoms with Crippen LogP contribution in [0.1, 0.15) is 45.4 Å². The van der Waals surface area contributed by atoms with Crippen LogP contribution in [0, 0.1) is 5.92 Å². The first kappa shape index (κ1) is 14.2. The van der Waals surface area contributed by atoms with Crippen molar-refractivity contribution in [2.75, 3.05) is 6.54 Å². The summed E-state index contributed by atoms with van der Waals surface area (Å²) in [6, 6.07) is 0.419. The smallest absolute Gasteiger partial charge is 0.222 e. The highest BCUT2D eigenvalue weighted by Gasteiger charge is 2.31. The van der Waals surface area contributed by atoms with Crippen molar-refractivity contribution in [2.45, 2.75) is 51.5 Å². The van der Waals surface area contributed by atoms with E-state index in [4.69, 9.17) is 0 Å². The van der Waals surface area contributed by atoms with Crippen LogP contribution in [0.15, 0.2) is 23.8 Å². The minimum Gasteiger partial charge on any atom is -0.340 e. The normalized spacial score (nSPS) is 22.8. The van der Waals surface area contributed by atoms with E-state index in [9.17, 15) is 13.6 Å². The summed E-state index contributed by atoms with van der Waals surface area (Å²) in [7, 11) is 0. The molecule has 1 unspecified atom stereocenters. The summed E-state index contributed by atoms with van der Waals surface area (Å²) in [5, 5.41) is 0. The summed E-state index contributed by atoms with van der Waals surface area (Å²) in [4.78, 5) is 14.1. The topological polar surface area (TPSA) is 20.3 Å². The van der Waals surface area contributed by atoms with Crippen LogP contribution in [0.25, 0.3) is 0 Å². The van der Waals surface area contributed by atoms with Gasteiger partial charge in [0.25, 0.3) is 0 Å². The van der Waals surface area contributed by atoms with Gasteiger partial charge in [0, 0.05) is 31.5 Å². The first-order valence-electron chi connectivity index (χ1n) is 7.13. The highest BCUT2D eigenvalue weighted by Crippen LogP contribution is 2.30. The summed E-state index contributed by atoms with van der Waals surface area (Å²) in [6.45, 7) is 2.86. The molecule has 2 nitrogen and oxygen atoms in total. The molecule has 0 aliphatic heterocycles. The zero-order valence-corrected chi connectivity index (χ0v) is 11.4. The van der Waals surface area contributed by atoms with Gasteiger partial charge in [-0.15, -0.1) is 0 Å². The fraction of sp³-hybridized carbons (Fsp3) is 0.667. The molecule has 0 N–H and O–H groups in total. The average Bonchev–Trinajstić information content (AvgIpc) is 3.16. The summed E-state index contributed by atoms with van der Waals surface area (Å²) in [5.41, 5.74) is 0. The Hall–Kier alpha value is -1.19. The van der Waals surface area contributed by atoms with Crippen LogP contribution in [0.5, 0.6) is 0 Å². The quantitative estimate of drug-likeness (QED) is 0.716. The van der Waals surface area contributed by atoms with E-state index in [0.717, 1.165) is 31.9 Å².